The van der Waals surface area contributed by atoms with Gasteiger partial charge in [-0.15, -0.1) is 0 Å². The molecule has 2 heterocycles. The second kappa shape index (κ2) is 17.5. The van der Waals surface area contributed by atoms with Crippen LogP contribution in [-0.4, -0.2) is 66.0 Å². The standard InChI is InChI=1S/C41H46ClN3O7/c1-2-50-38(47)25-44-40(48)43-24-29-5-3-6-31(21-29)32-7-4-8-33(22-32)39-51-36(23-37(52-39)30-11-9-28(27-46)10-12-30)26-45-19-17-41(49,18-20-45)34-13-15-35(42)16-14-34/h3-16,21-22,36-37,39,46,49H,2,17-20,23-27H2,1H3,(H2,43,44,48)/t36-,37+,39+/m0/s1. The average Bonchev–Trinajstić information content (AvgIpc) is 3.17. The van der Waals surface area contributed by atoms with Gasteiger partial charge in [0.2, 0.25) is 0 Å². The first-order chi connectivity index (χ1) is 25.2. The number of benzene rings is 4. The number of nitrogens with one attached hydrogen (secondary N) is 2. The molecule has 0 aliphatic carbocycles. The number of carbonyl (C=O) groups excluding carboxylic acids is 2. The zero-order valence-electron chi connectivity index (χ0n) is 29.3. The molecule has 2 saturated heterocycles. The van der Waals surface area contributed by atoms with Crippen LogP contribution in [0.4, 0.5) is 4.79 Å². The van der Waals surface area contributed by atoms with Gasteiger partial charge in [-0.3, -0.25) is 4.79 Å². The third-order valence-electron chi connectivity index (χ3n) is 9.71. The van der Waals surface area contributed by atoms with Crippen molar-refractivity contribution in [3.05, 3.63) is 130 Å². The summed E-state index contributed by atoms with van der Waals surface area (Å²) in [5.74, 6) is -0.489. The van der Waals surface area contributed by atoms with Crippen molar-refractivity contribution in [2.45, 2.75) is 63.4 Å². The Hall–Kier alpha value is -4.29. The molecule has 4 N–H and O–H groups in total. The molecule has 0 unspecified atom stereocenters. The monoisotopic (exact) mass is 727 g/mol. The van der Waals surface area contributed by atoms with E-state index in [1.165, 1.54) is 0 Å². The molecule has 10 nitrogen and oxygen atoms in total. The molecule has 4 aromatic rings. The van der Waals surface area contributed by atoms with Crippen molar-refractivity contribution in [1.29, 1.82) is 0 Å². The van der Waals surface area contributed by atoms with Gasteiger partial charge in [0.25, 0.3) is 0 Å². The molecule has 2 aliphatic heterocycles. The van der Waals surface area contributed by atoms with Crippen molar-refractivity contribution in [2.24, 2.45) is 0 Å². The Morgan fingerprint density at radius 1 is 0.885 bits per heavy atom. The molecule has 0 spiro atoms. The first-order valence-corrected chi connectivity index (χ1v) is 18.2. The smallest absolute Gasteiger partial charge is 0.325 e. The Labute approximate surface area is 309 Å². The number of hydrogen-bond acceptors (Lipinski definition) is 8. The lowest BCUT2D eigenvalue weighted by Gasteiger charge is -2.42. The van der Waals surface area contributed by atoms with Crippen molar-refractivity contribution in [1.82, 2.24) is 15.5 Å². The lowest BCUT2D eigenvalue weighted by molar-refractivity contribution is -0.253. The number of aliphatic hydroxyl groups excluding tert-OH is 1. The van der Waals surface area contributed by atoms with Gasteiger partial charge < -0.3 is 40.0 Å². The molecule has 0 aromatic heterocycles. The Bertz CT molecular complexity index is 1800. The van der Waals surface area contributed by atoms with E-state index in [-0.39, 0.29) is 38.5 Å². The van der Waals surface area contributed by atoms with E-state index < -0.39 is 23.9 Å². The van der Waals surface area contributed by atoms with Crippen LogP contribution >= 0.6 is 11.6 Å². The predicted octanol–water partition coefficient (Wildman–Crippen LogP) is 6.39. The van der Waals surface area contributed by atoms with Crippen molar-refractivity contribution in [3.8, 4) is 11.1 Å². The molecule has 0 radical (unpaired) electrons. The minimum atomic E-state index is -0.887. The van der Waals surface area contributed by atoms with Crippen LogP contribution in [0.5, 0.6) is 0 Å². The van der Waals surface area contributed by atoms with Crippen LogP contribution in [0.25, 0.3) is 11.1 Å². The first-order valence-electron chi connectivity index (χ1n) is 17.8. The van der Waals surface area contributed by atoms with E-state index in [4.69, 9.17) is 25.8 Å². The van der Waals surface area contributed by atoms with Crippen LogP contribution in [0.1, 0.15) is 66.4 Å². The molecule has 0 saturated carbocycles. The van der Waals surface area contributed by atoms with Crippen LogP contribution in [0.2, 0.25) is 5.02 Å². The predicted molar refractivity (Wildman–Crippen MR) is 198 cm³/mol. The van der Waals surface area contributed by atoms with Gasteiger partial charge in [-0.2, -0.15) is 0 Å². The minimum absolute atomic E-state index is 0.0236. The van der Waals surface area contributed by atoms with Crippen LogP contribution in [-0.2, 0) is 37.8 Å². The largest absolute Gasteiger partial charge is 0.465 e. The summed E-state index contributed by atoms with van der Waals surface area (Å²) < 4.78 is 18.2. The average molecular weight is 728 g/mol. The van der Waals surface area contributed by atoms with Gasteiger partial charge >= 0.3 is 12.0 Å². The van der Waals surface area contributed by atoms with Gasteiger partial charge in [-0.05, 0) is 77.4 Å². The highest BCUT2D eigenvalue weighted by Gasteiger charge is 2.37. The highest BCUT2D eigenvalue weighted by Crippen LogP contribution is 2.40. The normalized spacial score (nSPS) is 20.2. The third kappa shape index (κ3) is 9.77. The van der Waals surface area contributed by atoms with Gasteiger partial charge in [0, 0.05) is 43.2 Å². The number of ether oxygens (including phenoxy) is 3. The molecule has 4 aromatic carbocycles. The van der Waals surface area contributed by atoms with Crippen LogP contribution in [0.3, 0.4) is 0 Å². The van der Waals surface area contributed by atoms with Crippen molar-refractivity contribution < 1.29 is 34.0 Å². The summed E-state index contributed by atoms with van der Waals surface area (Å²) in [5.41, 5.74) is 5.60. The number of aliphatic hydroxyl groups is 2. The molecule has 274 valence electrons. The topological polar surface area (TPSA) is 130 Å². The number of nitrogens with zero attached hydrogens (tertiary/aromatic N) is 1. The maximum atomic E-state index is 12.2. The fraction of sp³-hybridized carbons (Fsp3) is 0.366. The summed E-state index contributed by atoms with van der Waals surface area (Å²) >= 11 is 6.09. The lowest BCUT2D eigenvalue weighted by Crippen LogP contribution is -2.46. The molecule has 6 rings (SSSR count). The Morgan fingerprint density at radius 3 is 2.31 bits per heavy atom. The van der Waals surface area contributed by atoms with E-state index >= 15 is 0 Å². The third-order valence-corrected chi connectivity index (χ3v) is 9.96. The van der Waals surface area contributed by atoms with Crippen molar-refractivity contribution in [3.63, 3.8) is 0 Å². The molecule has 2 fully saturated rings. The van der Waals surface area contributed by atoms with E-state index in [2.05, 4.69) is 21.6 Å². The molecule has 2 aliphatic rings. The summed E-state index contributed by atoms with van der Waals surface area (Å²) in [4.78, 5) is 26.1. The van der Waals surface area contributed by atoms with Crippen LogP contribution in [0, 0.1) is 0 Å². The zero-order chi connectivity index (χ0) is 36.5. The van der Waals surface area contributed by atoms with Crippen LogP contribution in [0.15, 0.2) is 97.1 Å². The fourth-order valence-corrected chi connectivity index (χ4v) is 6.94. The second-order valence-corrected chi connectivity index (χ2v) is 13.8. The zero-order valence-corrected chi connectivity index (χ0v) is 30.1. The number of carbonyl (C=O) groups is 2. The highest BCUT2D eigenvalue weighted by atomic mass is 35.5. The molecule has 52 heavy (non-hydrogen) atoms. The maximum Gasteiger partial charge on any atom is 0.325 e. The summed E-state index contributed by atoms with van der Waals surface area (Å²) in [6.07, 6.45) is 0.917. The first kappa shape index (κ1) is 37.5. The van der Waals surface area contributed by atoms with E-state index in [1.807, 2.05) is 91.0 Å². The Balaban J connectivity index is 1.14. The second-order valence-electron chi connectivity index (χ2n) is 13.4. The summed E-state index contributed by atoms with van der Waals surface area (Å²) in [5, 5.41) is 27.0. The number of likely N-dealkylation sites (tertiary alicyclic amines) is 1. The van der Waals surface area contributed by atoms with Gasteiger partial charge in [-0.25, -0.2) is 4.79 Å². The summed E-state index contributed by atoms with van der Waals surface area (Å²) in [6, 6.07) is 30.9. The summed E-state index contributed by atoms with van der Waals surface area (Å²) in [7, 11) is 0. The number of esters is 1. The van der Waals surface area contributed by atoms with Crippen molar-refractivity contribution >= 4 is 23.6 Å². The number of amides is 2. The minimum Gasteiger partial charge on any atom is -0.465 e. The molecule has 2 amide bonds. The number of urea groups is 1. The van der Waals surface area contributed by atoms with Gasteiger partial charge in [0.1, 0.15) is 6.54 Å². The quantitative estimate of drug-likeness (QED) is 0.124. The number of rotatable bonds is 12. The van der Waals surface area contributed by atoms with E-state index in [1.54, 1.807) is 6.92 Å². The van der Waals surface area contributed by atoms with Crippen molar-refractivity contribution in [2.75, 3.05) is 32.8 Å². The Morgan fingerprint density at radius 2 is 1.60 bits per heavy atom. The number of piperidine rings is 1. The Kier molecular flexibility index (Phi) is 12.6. The maximum absolute atomic E-state index is 12.2. The van der Waals surface area contributed by atoms with Gasteiger partial charge in [-0.1, -0.05) is 84.4 Å². The van der Waals surface area contributed by atoms with E-state index in [0.29, 0.717) is 30.8 Å². The highest BCUT2D eigenvalue weighted by molar-refractivity contribution is 6.30. The molecular formula is C41H46ClN3O7. The van der Waals surface area contributed by atoms with Gasteiger partial charge in [0.05, 0.1) is 31.0 Å². The number of halogens is 1. The molecule has 11 heteroatoms. The van der Waals surface area contributed by atoms with E-state index in [0.717, 1.165) is 52.0 Å². The molecule has 3 atom stereocenters. The number of hydrogen-bond donors (Lipinski definition) is 4. The SMILES string of the molecule is CCOC(=O)CNC(=O)NCc1cccc(-c2cccc([C@@H]3O[C@H](CN4CCC(O)(c5ccc(Cl)cc5)CC4)C[C@H](c4ccc(CO)cc4)O3)c2)c1. The fourth-order valence-electron chi connectivity index (χ4n) is 6.81. The summed E-state index contributed by atoms with van der Waals surface area (Å²) in [6.45, 7) is 4.19. The molecule has 0 bridgehead atoms. The lowest BCUT2D eigenvalue weighted by atomic mass is 9.84. The van der Waals surface area contributed by atoms with Crippen LogP contribution < -0.4 is 10.6 Å². The molecular weight excluding hydrogens is 682 g/mol. The van der Waals surface area contributed by atoms with Gasteiger partial charge in [0.15, 0.2) is 6.29 Å². The van der Waals surface area contributed by atoms with E-state index in [9.17, 15) is 19.8 Å².